The second-order valence-corrected chi connectivity index (χ2v) is 12.6. The van der Waals surface area contributed by atoms with Crippen LogP contribution in [0.5, 0.6) is 0 Å². The average molecular weight is 479 g/mol. The zero-order valence-corrected chi connectivity index (χ0v) is 19.6. The first-order valence-corrected chi connectivity index (χ1v) is 13.1. The van der Waals surface area contributed by atoms with Crippen molar-refractivity contribution in [1.29, 1.82) is 0 Å². The summed E-state index contributed by atoms with van der Waals surface area (Å²) in [6.07, 6.45) is 0. The molecule has 0 fully saturated rings. The van der Waals surface area contributed by atoms with Crippen LogP contribution in [-0.2, 0) is 25.3 Å². The summed E-state index contributed by atoms with van der Waals surface area (Å²) in [5, 5.41) is 3.70. The van der Waals surface area contributed by atoms with Crippen molar-refractivity contribution in [2.45, 2.75) is 40.2 Å². The Balaban J connectivity index is 1.73. The lowest BCUT2D eigenvalue weighted by atomic mass is 9.87. The minimum atomic E-state index is -4.24. The lowest BCUT2D eigenvalue weighted by Gasteiger charge is -2.19. The van der Waals surface area contributed by atoms with Crippen molar-refractivity contribution in [1.82, 2.24) is 4.72 Å². The van der Waals surface area contributed by atoms with E-state index in [-0.39, 0.29) is 19.4 Å². The highest BCUT2D eigenvalue weighted by Crippen LogP contribution is 2.28. The van der Waals surface area contributed by atoms with E-state index in [9.17, 15) is 21.6 Å². The van der Waals surface area contributed by atoms with Gasteiger partial charge in [0.05, 0.1) is 9.79 Å². The Morgan fingerprint density at radius 3 is 2.06 bits per heavy atom. The summed E-state index contributed by atoms with van der Waals surface area (Å²) in [7, 11) is -8.09. The van der Waals surface area contributed by atoms with Gasteiger partial charge in [0, 0.05) is 11.1 Å². The summed E-state index contributed by atoms with van der Waals surface area (Å²) in [6.45, 7) is 6.17. The van der Waals surface area contributed by atoms with Gasteiger partial charge < -0.3 is 5.32 Å². The molecule has 1 heterocycles. The van der Waals surface area contributed by atoms with Crippen LogP contribution in [0.3, 0.4) is 0 Å². The monoisotopic (exact) mass is 478 g/mol. The Morgan fingerprint density at radius 1 is 0.871 bits per heavy atom. The Labute approximate surface area is 186 Å². The van der Waals surface area contributed by atoms with Crippen LogP contribution in [0.4, 0.5) is 10.5 Å². The van der Waals surface area contributed by atoms with E-state index >= 15 is 0 Å². The fourth-order valence-electron chi connectivity index (χ4n) is 2.70. The fourth-order valence-corrected chi connectivity index (χ4v) is 6.51. The fraction of sp³-hybridized carbons (Fsp3) is 0.190. The molecule has 2 aromatic carbocycles. The molecule has 0 aliphatic heterocycles. The van der Waals surface area contributed by atoms with E-state index < -0.39 is 25.9 Å². The second kappa shape index (κ2) is 8.45. The molecule has 0 saturated carbocycles. The largest absolute Gasteiger partial charge is 0.333 e. The summed E-state index contributed by atoms with van der Waals surface area (Å²) < 4.78 is 52.0. The molecular weight excluding hydrogens is 456 g/mol. The van der Waals surface area contributed by atoms with E-state index in [1.807, 2.05) is 16.9 Å². The highest BCUT2D eigenvalue weighted by molar-refractivity contribution is 7.93. The van der Waals surface area contributed by atoms with Gasteiger partial charge in [-0.15, -0.1) is 11.3 Å². The average Bonchev–Trinajstić information content (AvgIpc) is 3.20. The summed E-state index contributed by atoms with van der Waals surface area (Å²) in [4.78, 5) is 12.1. The Hall–Kier alpha value is -2.69. The number of rotatable bonds is 5. The summed E-state index contributed by atoms with van der Waals surface area (Å²) in [5.74, 6) is 0. The third kappa shape index (κ3) is 5.33. The van der Waals surface area contributed by atoms with Crippen LogP contribution in [-0.4, -0.2) is 22.9 Å². The lowest BCUT2D eigenvalue weighted by molar-refractivity contribution is 0.256. The first-order chi connectivity index (χ1) is 14.4. The predicted molar refractivity (Wildman–Crippen MR) is 121 cm³/mol. The number of carbonyl (C=O) groups excluding carboxylic acids is 1. The number of amides is 2. The third-order valence-electron chi connectivity index (χ3n) is 4.42. The normalized spacial score (nSPS) is 12.4. The molecule has 10 heteroatoms. The van der Waals surface area contributed by atoms with Gasteiger partial charge in [0.15, 0.2) is 0 Å². The van der Waals surface area contributed by atoms with Gasteiger partial charge in [-0.25, -0.2) is 26.4 Å². The number of anilines is 1. The van der Waals surface area contributed by atoms with Crippen LogP contribution < -0.4 is 10.0 Å². The molecule has 1 aromatic heterocycles. The van der Waals surface area contributed by atoms with E-state index in [4.69, 9.17) is 0 Å². The van der Waals surface area contributed by atoms with Gasteiger partial charge >= 0.3 is 6.03 Å². The van der Waals surface area contributed by atoms with Crippen LogP contribution in [0, 0.1) is 0 Å². The molecule has 0 aliphatic rings. The van der Waals surface area contributed by atoms with Gasteiger partial charge in [0.25, 0.3) is 10.0 Å². The van der Waals surface area contributed by atoms with Crippen LogP contribution in [0.25, 0.3) is 0 Å². The van der Waals surface area contributed by atoms with Crippen molar-refractivity contribution < 1.29 is 21.6 Å². The minimum Gasteiger partial charge on any atom is -0.307 e. The number of benzene rings is 2. The molecule has 0 bridgehead atoms. The van der Waals surface area contributed by atoms with Crippen molar-refractivity contribution in [2.24, 2.45) is 0 Å². The summed E-state index contributed by atoms with van der Waals surface area (Å²) >= 11 is 0.721. The van der Waals surface area contributed by atoms with Gasteiger partial charge in [0.2, 0.25) is 9.84 Å². The van der Waals surface area contributed by atoms with Crippen LogP contribution in [0.1, 0.15) is 26.3 Å². The quantitative estimate of drug-likeness (QED) is 0.565. The topological polar surface area (TPSA) is 109 Å². The molecule has 7 nitrogen and oxygen atoms in total. The second-order valence-electron chi connectivity index (χ2n) is 7.80. The maximum Gasteiger partial charge on any atom is 0.333 e. The SMILES string of the molecule is CC(C)(C)c1ccc(NC(=O)NS(=O)(=O)c2cc(S(=O)(=O)c3ccccc3)cs2)cc1. The van der Waals surface area contributed by atoms with E-state index in [1.165, 1.54) is 17.5 Å². The number of nitrogens with one attached hydrogen (secondary N) is 2. The number of thiophene rings is 1. The van der Waals surface area contributed by atoms with Crippen molar-refractivity contribution in [2.75, 3.05) is 5.32 Å². The molecule has 164 valence electrons. The van der Waals surface area contributed by atoms with Gasteiger partial charge in [-0.2, -0.15) is 0 Å². The maximum absolute atomic E-state index is 12.6. The molecule has 31 heavy (non-hydrogen) atoms. The third-order valence-corrected chi connectivity index (χ3v) is 9.08. The molecule has 3 rings (SSSR count). The van der Waals surface area contributed by atoms with E-state index in [2.05, 4.69) is 26.1 Å². The maximum atomic E-state index is 12.6. The van der Waals surface area contributed by atoms with Crippen molar-refractivity contribution >= 4 is 42.9 Å². The highest BCUT2D eigenvalue weighted by atomic mass is 32.2. The first-order valence-electron chi connectivity index (χ1n) is 9.23. The Bertz CT molecular complexity index is 1290. The Morgan fingerprint density at radius 2 is 1.48 bits per heavy atom. The van der Waals surface area contributed by atoms with Crippen molar-refractivity contribution in [3.63, 3.8) is 0 Å². The van der Waals surface area contributed by atoms with Crippen LogP contribution >= 0.6 is 11.3 Å². The first kappa shape index (κ1) is 23.0. The van der Waals surface area contributed by atoms with Gasteiger partial charge in [-0.3, -0.25) is 0 Å². The van der Waals surface area contributed by atoms with Gasteiger partial charge in [-0.05, 0) is 41.3 Å². The predicted octanol–water partition coefficient (Wildman–Crippen LogP) is 4.39. The minimum absolute atomic E-state index is 0.0545. The van der Waals surface area contributed by atoms with Gasteiger partial charge in [-0.1, -0.05) is 51.1 Å². The van der Waals surface area contributed by atoms with E-state index in [0.717, 1.165) is 23.0 Å². The number of urea groups is 1. The smallest absolute Gasteiger partial charge is 0.307 e. The zero-order valence-electron chi connectivity index (χ0n) is 17.1. The lowest BCUT2D eigenvalue weighted by Crippen LogP contribution is -2.34. The van der Waals surface area contributed by atoms with E-state index in [1.54, 1.807) is 30.3 Å². The summed E-state index contributed by atoms with van der Waals surface area (Å²) in [5.41, 5.74) is 1.44. The molecule has 0 radical (unpaired) electrons. The molecule has 2 N–H and O–H groups in total. The van der Waals surface area contributed by atoms with E-state index in [0.29, 0.717) is 5.69 Å². The van der Waals surface area contributed by atoms with Crippen LogP contribution in [0.2, 0.25) is 0 Å². The van der Waals surface area contributed by atoms with Crippen molar-refractivity contribution in [3.8, 4) is 0 Å². The molecule has 0 saturated heterocycles. The Kier molecular flexibility index (Phi) is 6.26. The molecule has 3 aromatic rings. The van der Waals surface area contributed by atoms with Gasteiger partial charge in [0.1, 0.15) is 4.21 Å². The number of hydrogen-bond acceptors (Lipinski definition) is 6. The highest BCUT2D eigenvalue weighted by Gasteiger charge is 2.25. The van der Waals surface area contributed by atoms with Crippen molar-refractivity contribution in [3.05, 3.63) is 71.6 Å². The number of carbonyl (C=O) groups is 1. The molecule has 0 aliphatic carbocycles. The number of sulfonamides is 1. The standard InChI is InChI=1S/C21H22N2O5S3/c1-21(2,3)15-9-11-16(12-10-15)22-20(24)23-31(27,28)19-13-18(14-29-19)30(25,26)17-7-5-4-6-8-17/h4-14H,1-3H3,(H2,22,23,24). The van der Waals surface area contributed by atoms with Crippen LogP contribution in [0.15, 0.2) is 80.0 Å². The molecule has 0 unspecified atom stereocenters. The molecule has 2 amide bonds. The molecule has 0 atom stereocenters. The molecular formula is C21H22N2O5S3. The number of sulfone groups is 1. The number of hydrogen-bond donors (Lipinski definition) is 2. The zero-order chi connectivity index (χ0) is 22.9. The molecule has 0 spiro atoms. The summed E-state index contributed by atoms with van der Waals surface area (Å²) in [6, 6.07) is 14.9.